The van der Waals surface area contributed by atoms with Crippen LogP contribution in [-0.2, 0) is 14.3 Å². The number of alkyl halides is 1. The maximum Gasteiger partial charge on any atom is 0.320 e. The van der Waals surface area contributed by atoms with E-state index in [0.29, 0.717) is 23.9 Å². The first-order chi connectivity index (χ1) is 6.17. The summed E-state index contributed by atoms with van der Waals surface area (Å²) in [6.07, 6.45) is 2.01. The number of esters is 1. The number of halogens is 1. The van der Waals surface area contributed by atoms with Gasteiger partial charge < -0.3 is 4.74 Å². The molecule has 0 aromatic rings. The van der Waals surface area contributed by atoms with E-state index in [1.165, 1.54) is 0 Å². The quantitative estimate of drug-likeness (QED) is 0.345. The Morgan fingerprint density at radius 1 is 1.69 bits per heavy atom. The molecule has 1 saturated carbocycles. The molecular weight excluding hydrogens is 283 g/mol. The molecule has 0 aliphatic heterocycles. The van der Waals surface area contributed by atoms with E-state index in [2.05, 4.69) is 22.6 Å². The molecule has 1 atom stereocenters. The van der Waals surface area contributed by atoms with Crippen molar-refractivity contribution in [3.05, 3.63) is 0 Å². The summed E-state index contributed by atoms with van der Waals surface area (Å²) < 4.78 is 5.47. The van der Waals surface area contributed by atoms with Gasteiger partial charge in [-0.3, -0.25) is 9.59 Å². The zero-order valence-electron chi connectivity index (χ0n) is 7.64. The van der Waals surface area contributed by atoms with E-state index >= 15 is 0 Å². The molecule has 0 aromatic carbocycles. The molecule has 0 bridgehead atoms. The molecule has 13 heavy (non-hydrogen) atoms. The molecule has 1 rings (SSSR count). The molecule has 0 amide bonds. The maximum atomic E-state index is 11.6. The van der Waals surface area contributed by atoms with Gasteiger partial charge in [0.25, 0.3) is 0 Å². The molecule has 1 aliphatic carbocycles. The highest BCUT2D eigenvalue weighted by atomic mass is 127. The van der Waals surface area contributed by atoms with Gasteiger partial charge in [0, 0.05) is 10.8 Å². The summed E-state index contributed by atoms with van der Waals surface area (Å²) in [6, 6.07) is 0. The highest BCUT2D eigenvalue weighted by Crippen LogP contribution is 2.37. The number of ketones is 1. The molecule has 1 aliphatic rings. The van der Waals surface area contributed by atoms with Gasteiger partial charge >= 0.3 is 5.97 Å². The van der Waals surface area contributed by atoms with Crippen LogP contribution in [0.4, 0.5) is 0 Å². The van der Waals surface area contributed by atoms with Gasteiger partial charge in [0.15, 0.2) is 5.78 Å². The zero-order valence-corrected chi connectivity index (χ0v) is 9.80. The van der Waals surface area contributed by atoms with E-state index in [9.17, 15) is 9.59 Å². The van der Waals surface area contributed by atoms with E-state index in [1.54, 1.807) is 6.92 Å². The lowest BCUT2D eigenvalue weighted by Crippen LogP contribution is -2.38. The second-order valence-electron chi connectivity index (χ2n) is 3.21. The Labute approximate surface area is 91.4 Å². The van der Waals surface area contributed by atoms with E-state index in [0.717, 1.165) is 6.42 Å². The van der Waals surface area contributed by atoms with Crippen LogP contribution in [0.25, 0.3) is 0 Å². The first-order valence-corrected chi connectivity index (χ1v) is 5.96. The number of Topliss-reactive ketones (excluding diaryl/α,β-unsaturated/α-hetero) is 1. The van der Waals surface area contributed by atoms with Crippen LogP contribution >= 0.6 is 22.6 Å². The van der Waals surface area contributed by atoms with Crippen LogP contribution in [0.1, 0.15) is 26.2 Å². The van der Waals surface area contributed by atoms with Crippen molar-refractivity contribution < 1.29 is 14.3 Å². The van der Waals surface area contributed by atoms with Gasteiger partial charge in [0.2, 0.25) is 0 Å². The van der Waals surface area contributed by atoms with Crippen LogP contribution < -0.4 is 0 Å². The lowest BCUT2D eigenvalue weighted by atomic mass is 9.88. The summed E-state index contributed by atoms with van der Waals surface area (Å²) in [5, 5.41) is 0. The second-order valence-corrected chi connectivity index (χ2v) is 3.98. The zero-order chi connectivity index (χ0) is 9.90. The first kappa shape index (κ1) is 10.9. The van der Waals surface area contributed by atoms with Gasteiger partial charge in [0.05, 0.1) is 6.61 Å². The fourth-order valence-electron chi connectivity index (χ4n) is 1.61. The fraction of sp³-hybridized carbons (Fsp3) is 0.778. The van der Waals surface area contributed by atoms with E-state index in [4.69, 9.17) is 4.74 Å². The van der Waals surface area contributed by atoms with Crippen LogP contribution in [0.2, 0.25) is 0 Å². The summed E-state index contributed by atoms with van der Waals surface area (Å²) in [4.78, 5) is 23.1. The van der Waals surface area contributed by atoms with Crippen molar-refractivity contribution in [3.63, 3.8) is 0 Å². The Morgan fingerprint density at radius 3 is 2.77 bits per heavy atom. The molecular formula is C9H13IO3. The Morgan fingerprint density at radius 2 is 2.38 bits per heavy atom. The largest absolute Gasteiger partial charge is 0.465 e. The van der Waals surface area contributed by atoms with E-state index in [-0.39, 0.29) is 11.8 Å². The van der Waals surface area contributed by atoms with E-state index < -0.39 is 5.41 Å². The summed E-state index contributed by atoms with van der Waals surface area (Å²) >= 11 is 2.09. The molecule has 74 valence electrons. The first-order valence-electron chi connectivity index (χ1n) is 4.44. The van der Waals surface area contributed by atoms with Crippen LogP contribution in [0.3, 0.4) is 0 Å². The third kappa shape index (κ3) is 1.87. The van der Waals surface area contributed by atoms with Crippen LogP contribution in [0.5, 0.6) is 0 Å². The molecule has 1 unspecified atom stereocenters. The molecule has 3 nitrogen and oxygen atoms in total. The highest BCUT2D eigenvalue weighted by Gasteiger charge is 2.48. The van der Waals surface area contributed by atoms with Crippen molar-refractivity contribution in [2.75, 3.05) is 11.0 Å². The predicted molar refractivity (Wildman–Crippen MR) is 56.8 cm³/mol. The Bertz CT molecular complexity index is 227. The molecule has 0 saturated heterocycles. The van der Waals surface area contributed by atoms with Gasteiger partial charge in [-0.2, -0.15) is 0 Å². The minimum atomic E-state index is -0.809. The normalized spacial score (nSPS) is 27.7. The lowest BCUT2D eigenvalue weighted by molar-refractivity contribution is -0.156. The predicted octanol–water partition coefficient (Wildman–Crippen LogP) is 1.72. The monoisotopic (exact) mass is 296 g/mol. The van der Waals surface area contributed by atoms with Crippen molar-refractivity contribution >= 4 is 34.3 Å². The number of hydrogen-bond donors (Lipinski definition) is 0. The van der Waals surface area contributed by atoms with Crippen molar-refractivity contribution in [1.82, 2.24) is 0 Å². The van der Waals surface area contributed by atoms with Crippen LogP contribution in [-0.4, -0.2) is 22.8 Å². The number of ether oxygens (including phenoxy) is 1. The Kier molecular flexibility index (Phi) is 3.70. The summed E-state index contributed by atoms with van der Waals surface area (Å²) in [5.74, 6) is -0.271. The molecule has 1 fully saturated rings. The number of carbonyl (C=O) groups is 2. The number of carbonyl (C=O) groups excluding carboxylic acids is 2. The number of hydrogen-bond acceptors (Lipinski definition) is 3. The van der Waals surface area contributed by atoms with Gasteiger partial charge in [-0.1, -0.05) is 22.6 Å². The molecule has 0 heterocycles. The smallest absolute Gasteiger partial charge is 0.320 e. The van der Waals surface area contributed by atoms with Crippen LogP contribution in [0.15, 0.2) is 0 Å². The molecule has 0 radical (unpaired) electrons. The summed E-state index contributed by atoms with van der Waals surface area (Å²) in [7, 11) is 0. The topological polar surface area (TPSA) is 43.4 Å². The Balaban J connectivity index is 2.80. The molecule has 4 heteroatoms. The van der Waals surface area contributed by atoms with Crippen molar-refractivity contribution in [3.8, 4) is 0 Å². The SMILES string of the molecule is CCOC(=O)C1(CI)CCCC1=O. The lowest BCUT2D eigenvalue weighted by Gasteiger charge is -2.21. The second kappa shape index (κ2) is 4.39. The average molecular weight is 296 g/mol. The van der Waals surface area contributed by atoms with Crippen molar-refractivity contribution in [2.45, 2.75) is 26.2 Å². The average Bonchev–Trinajstić information content (AvgIpc) is 2.48. The van der Waals surface area contributed by atoms with E-state index in [1.807, 2.05) is 0 Å². The van der Waals surface area contributed by atoms with Gasteiger partial charge in [-0.25, -0.2) is 0 Å². The highest BCUT2D eigenvalue weighted by molar-refractivity contribution is 14.1. The maximum absolute atomic E-state index is 11.6. The van der Waals surface area contributed by atoms with Crippen molar-refractivity contribution in [2.24, 2.45) is 5.41 Å². The van der Waals surface area contributed by atoms with Gasteiger partial charge in [-0.05, 0) is 19.8 Å². The summed E-state index contributed by atoms with van der Waals surface area (Å²) in [6.45, 7) is 2.11. The molecule has 0 spiro atoms. The van der Waals surface area contributed by atoms with Crippen molar-refractivity contribution in [1.29, 1.82) is 0 Å². The van der Waals surface area contributed by atoms with Gasteiger partial charge in [0.1, 0.15) is 5.41 Å². The summed E-state index contributed by atoms with van der Waals surface area (Å²) in [5.41, 5.74) is -0.809. The standard InChI is InChI=1S/C9H13IO3/c1-2-13-8(12)9(6-10)5-3-4-7(9)11/h2-6H2,1H3. The number of rotatable bonds is 3. The minimum Gasteiger partial charge on any atom is -0.465 e. The third-order valence-corrected chi connectivity index (χ3v) is 3.74. The van der Waals surface area contributed by atoms with Crippen LogP contribution in [0, 0.1) is 5.41 Å². The fourth-order valence-corrected chi connectivity index (χ4v) is 2.73. The minimum absolute atomic E-state index is 0.0559. The molecule has 0 aromatic heterocycles. The Hall–Kier alpha value is -0.130. The van der Waals surface area contributed by atoms with Gasteiger partial charge in [-0.15, -0.1) is 0 Å². The third-order valence-electron chi connectivity index (χ3n) is 2.44. The molecule has 0 N–H and O–H groups in total.